The summed E-state index contributed by atoms with van der Waals surface area (Å²) in [6, 6.07) is 6.78. The van der Waals surface area contributed by atoms with E-state index in [4.69, 9.17) is 4.74 Å². The summed E-state index contributed by atoms with van der Waals surface area (Å²) >= 11 is -2.36. The Balaban J connectivity index is 2.13. The fraction of sp³-hybridized carbons (Fsp3) is 0.455. The lowest BCUT2D eigenvalue weighted by atomic mass is 9.75. The van der Waals surface area contributed by atoms with Crippen molar-refractivity contribution in [3.63, 3.8) is 0 Å². The third-order valence-electron chi connectivity index (χ3n) is 5.43. The molecule has 0 aliphatic heterocycles. The van der Waals surface area contributed by atoms with Crippen molar-refractivity contribution in [2.24, 2.45) is 5.41 Å². The normalized spacial score (nSPS) is 16.4. The smallest absolute Gasteiger partial charge is 0.325 e. The number of nitrogens with zero attached hydrogens (tertiary/aromatic N) is 1. The number of hydrogen-bond acceptors (Lipinski definition) is 5. The van der Waals surface area contributed by atoms with Crippen LogP contribution in [-0.2, 0) is 40.0 Å². The number of fused-ring (bicyclic) bond motifs is 1. The predicted molar refractivity (Wildman–Crippen MR) is 109 cm³/mol. The number of hydrogen-bond donors (Lipinski definition) is 0. The third kappa shape index (κ3) is 4.36. The van der Waals surface area contributed by atoms with E-state index in [0.29, 0.717) is 37.0 Å². The number of Topliss-reactive ketones (excluding diaryl/α,β-unsaturated/α-hetero) is 1. The Morgan fingerprint density at radius 1 is 1.28 bits per heavy atom. The summed E-state index contributed by atoms with van der Waals surface area (Å²) in [4.78, 5) is 25.5. The predicted octanol–water partition coefficient (Wildman–Crippen LogP) is 3.34. The molecule has 6 nitrogen and oxygen atoms in total. The van der Waals surface area contributed by atoms with E-state index in [2.05, 4.69) is 0 Å². The quantitative estimate of drug-likeness (QED) is 0.532. The first kappa shape index (κ1) is 21.5. The molecule has 29 heavy (non-hydrogen) atoms. The van der Waals surface area contributed by atoms with E-state index in [-0.39, 0.29) is 28.6 Å². The second-order valence-electron chi connectivity index (χ2n) is 8.24. The Morgan fingerprint density at radius 3 is 2.62 bits per heavy atom. The first-order valence-electron chi connectivity index (χ1n) is 9.71. The molecule has 2 aromatic rings. The minimum atomic E-state index is -2.36. The summed E-state index contributed by atoms with van der Waals surface area (Å²) in [6.45, 7) is 8.06. The van der Waals surface area contributed by atoms with E-state index < -0.39 is 11.1 Å². The maximum absolute atomic E-state index is 13.1. The summed E-state index contributed by atoms with van der Waals surface area (Å²) in [6.07, 6.45) is 1.41. The second kappa shape index (κ2) is 8.24. The zero-order valence-electron chi connectivity index (χ0n) is 17.2. The van der Waals surface area contributed by atoms with Crippen LogP contribution < -0.4 is 0 Å². The first-order chi connectivity index (χ1) is 13.6. The summed E-state index contributed by atoms with van der Waals surface area (Å²) in [5.74, 6) is -0.311. The molecule has 0 bridgehead atoms. The number of benzene rings is 1. The van der Waals surface area contributed by atoms with Crippen LogP contribution in [0.15, 0.2) is 29.2 Å². The lowest BCUT2D eigenvalue weighted by Gasteiger charge is -2.30. The van der Waals surface area contributed by atoms with Gasteiger partial charge in [-0.1, -0.05) is 32.0 Å². The van der Waals surface area contributed by atoms with Crippen LogP contribution in [0, 0.1) is 12.3 Å². The molecule has 0 amide bonds. The molecule has 1 atom stereocenters. The molecule has 1 aromatic heterocycles. The number of aromatic nitrogens is 1. The van der Waals surface area contributed by atoms with Gasteiger partial charge in [-0.2, -0.15) is 0 Å². The van der Waals surface area contributed by atoms with Crippen molar-refractivity contribution in [2.75, 3.05) is 6.61 Å². The Hall–Kier alpha value is -2.25. The number of esters is 1. The van der Waals surface area contributed by atoms with Crippen LogP contribution >= 0.6 is 0 Å². The van der Waals surface area contributed by atoms with Crippen LogP contribution in [-0.4, -0.2) is 31.7 Å². The highest BCUT2D eigenvalue weighted by Gasteiger charge is 2.37. The van der Waals surface area contributed by atoms with Gasteiger partial charge in [0.1, 0.15) is 6.54 Å². The molecule has 3 rings (SSSR count). The van der Waals surface area contributed by atoms with Gasteiger partial charge < -0.3 is 13.9 Å². The number of ether oxygens (including phenoxy) is 1. The fourth-order valence-electron chi connectivity index (χ4n) is 4.18. The van der Waals surface area contributed by atoms with Gasteiger partial charge in [0, 0.05) is 34.7 Å². The van der Waals surface area contributed by atoms with Crippen molar-refractivity contribution in [3.05, 3.63) is 52.3 Å². The van der Waals surface area contributed by atoms with Crippen LogP contribution in [0.25, 0.3) is 0 Å². The molecule has 156 valence electrons. The summed E-state index contributed by atoms with van der Waals surface area (Å²) < 4.78 is 30.2. The highest BCUT2D eigenvalue weighted by Crippen LogP contribution is 2.39. The Bertz CT molecular complexity index is 989. The molecule has 7 heteroatoms. The molecular weight excluding hydrogens is 390 g/mol. The van der Waals surface area contributed by atoms with Crippen LogP contribution in [0.3, 0.4) is 0 Å². The standard InChI is InChI=1S/C22H27NO5S/c1-5-28-20(25)13-23-14(2)16(10-15-8-6-7-9-19(15)29(26)27)21-17(23)11-22(3,4)12-18(21)24/h6-9H,5,10-13H2,1-4H3,(H,26,27)/p-1. The van der Waals surface area contributed by atoms with Gasteiger partial charge in [-0.15, -0.1) is 0 Å². The van der Waals surface area contributed by atoms with Gasteiger partial charge >= 0.3 is 5.97 Å². The maximum atomic E-state index is 13.1. The SMILES string of the molecule is CCOC(=O)Cn1c(C)c(Cc2ccccc2S(=O)[O-])c2c1CC(C)(C)CC2=O. The first-order valence-corrected chi connectivity index (χ1v) is 10.8. The molecule has 1 heterocycles. The molecule has 1 aromatic carbocycles. The minimum absolute atomic E-state index is 0.0395. The molecule has 0 radical (unpaired) electrons. The third-order valence-corrected chi connectivity index (χ3v) is 6.19. The summed E-state index contributed by atoms with van der Waals surface area (Å²) in [5.41, 5.74) is 3.51. The van der Waals surface area contributed by atoms with E-state index in [1.54, 1.807) is 31.2 Å². The Labute approximate surface area is 173 Å². The zero-order valence-corrected chi connectivity index (χ0v) is 18.1. The average molecular weight is 417 g/mol. The van der Waals surface area contributed by atoms with E-state index in [1.165, 1.54) is 0 Å². The Morgan fingerprint density at radius 2 is 1.97 bits per heavy atom. The van der Waals surface area contributed by atoms with E-state index in [0.717, 1.165) is 17.0 Å². The summed E-state index contributed by atoms with van der Waals surface area (Å²) in [7, 11) is 0. The van der Waals surface area contributed by atoms with Gasteiger partial charge in [-0.05, 0) is 54.0 Å². The number of carbonyl (C=O) groups is 2. The zero-order chi connectivity index (χ0) is 21.3. The molecule has 0 N–H and O–H groups in total. The lowest BCUT2D eigenvalue weighted by molar-refractivity contribution is -0.143. The topological polar surface area (TPSA) is 88.4 Å². The highest BCUT2D eigenvalue weighted by atomic mass is 32.2. The largest absolute Gasteiger partial charge is 0.768 e. The summed E-state index contributed by atoms with van der Waals surface area (Å²) in [5, 5.41) is 0. The monoisotopic (exact) mass is 416 g/mol. The van der Waals surface area contributed by atoms with Crippen molar-refractivity contribution in [1.82, 2.24) is 4.57 Å². The van der Waals surface area contributed by atoms with Crippen molar-refractivity contribution in [1.29, 1.82) is 0 Å². The van der Waals surface area contributed by atoms with Gasteiger partial charge in [0.2, 0.25) is 0 Å². The van der Waals surface area contributed by atoms with Crippen molar-refractivity contribution < 1.29 is 23.1 Å². The molecule has 0 saturated heterocycles. The van der Waals surface area contributed by atoms with Crippen LogP contribution in [0.2, 0.25) is 0 Å². The number of carbonyl (C=O) groups excluding carboxylic acids is 2. The number of rotatable bonds is 6. The molecule has 0 fully saturated rings. The van der Waals surface area contributed by atoms with E-state index >= 15 is 0 Å². The molecule has 0 saturated carbocycles. The van der Waals surface area contributed by atoms with Gasteiger partial charge in [0.25, 0.3) is 0 Å². The number of ketones is 1. The highest BCUT2D eigenvalue weighted by molar-refractivity contribution is 7.79. The average Bonchev–Trinajstić information content (AvgIpc) is 2.87. The molecule has 0 spiro atoms. The van der Waals surface area contributed by atoms with E-state index in [9.17, 15) is 18.4 Å². The molecule has 1 unspecified atom stereocenters. The Kier molecular flexibility index (Phi) is 6.10. The molecule has 1 aliphatic rings. The van der Waals surface area contributed by atoms with Gasteiger partial charge in [-0.25, -0.2) is 0 Å². The van der Waals surface area contributed by atoms with Gasteiger partial charge in [0.15, 0.2) is 5.78 Å². The van der Waals surface area contributed by atoms with Crippen LogP contribution in [0.4, 0.5) is 0 Å². The van der Waals surface area contributed by atoms with Crippen LogP contribution in [0.5, 0.6) is 0 Å². The van der Waals surface area contributed by atoms with Crippen molar-refractivity contribution in [3.8, 4) is 0 Å². The minimum Gasteiger partial charge on any atom is -0.768 e. The lowest BCUT2D eigenvalue weighted by Crippen LogP contribution is -2.29. The maximum Gasteiger partial charge on any atom is 0.325 e. The fourth-order valence-corrected chi connectivity index (χ4v) is 4.72. The molecular formula is C22H26NO5S-. The van der Waals surface area contributed by atoms with Crippen LogP contribution in [0.1, 0.15) is 60.1 Å². The second-order valence-corrected chi connectivity index (χ2v) is 9.15. The van der Waals surface area contributed by atoms with Gasteiger partial charge in [0.05, 0.1) is 6.61 Å². The van der Waals surface area contributed by atoms with Crippen molar-refractivity contribution >= 4 is 22.8 Å². The van der Waals surface area contributed by atoms with Crippen molar-refractivity contribution in [2.45, 2.75) is 58.4 Å². The molecule has 1 aliphatic carbocycles. The van der Waals surface area contributed by atoms with E-state index in [1.807, 2.05) is 25.3 Å². The van der Waals surface area contributed by atoms with Gasteiger partial charge in [-0.3, -0.25) is 13.8 Å².